The van der Waals surface area contributed by atoms with E-state index in [-0.39, 0.29) is 11.6 Å². The molecule has 0 saturated carbocycles. The molecule has 0 radical (unpaired) electrons. The highest BCUT2D eigenvalue weighted by Gasteiger charge is 2.30. The van der Waals surface area contributed by atoms with Crippen molar-refractivity contribution in [2.24, 2.45) is 4.99 Å². The summed E-state index contributed by atoms with van der Waals surface area (Å²) in [5, 5.41) is 0. The molecule has 1 aliphatic rings. The Bertz CT molecular complexity index is 1350. The number of hydrogen-bond acceptors (Lipinski definition) is 3. The van der Waals surface area contributed by atoms with Gasteiger partial charge in [-0.3, -0.25) is 9.79 Å². The van der Waals surface area contributed by atoms with Crippen LogP contribution in [0.1, 0.15) is 33.2 Å². The number of carbonyl (C=O) groups excluding carboxylic acids is 1. The topological polar surface area (TPSA) is 43.6 Å². The number of methoxy groups -OCH3 is 1. The number of aromatic nitrogens is 1. The molecule has 5 heteroatoms. The molecule has 0 fully saturated rings. The van der Waals surface area contributed by atoms with Crippen LogP contribution in [0.15, 0.2) is 90.1 Å². The lowest BCUT2D eigenvalue weighted by molar-refractivity contribution is 0.0929. The van der Waals surface area contributed by atoms with E-state index in [4.69, 9.17) is 9.73 Å². The van der Waals surface area contributed by atoms with Crippen LogP contribution in [0.3, 0.4) is 0 Å². The van der Waals surface area contributed by atoms with Crippen molar-refractivity contribution in [3.63, 3.8) is 0 Å². The summed E-state index contributed by atoms with van der Waals surface area (Å²) < 4.78 is 20.9. The van der Waals surface area contributed by atoms with Crippen LogP contribution < -0.4 is 4.74 Å². The number of rotatable bonds is 5. The van der Waals surface area contributed by atoms with Crippen molar-refractivity contribution in [1.29, 1.82) is 0 Å². The minimum atomic E-state index is -0.461. The van der Waals surface area contributed by atoms with Crippen LogP contribution in [0, 0.1) is 12.7 Å². The second-order valence-corrected chi connectivity index (χ2v) is 8.15. The maximum Gasteiger partial charge on any atom is 0.188 e. The highest BCUT2D eigenvalue weighted by Crippen LogP contribution is 2.33. The molecule has 5 rings (SSSR count). The Kier molecular flexibility index (Phi) is 5.38. The standard InChI is InChI=1S/C28H23FN2O2/c1-18-5-7-20(8-6-18)27-25-4-3-15-31(25)26(17-30-27)28(32)23-14-13-22(33-2)16-24(23)19-9-11-21(29)12-10-19/h3-16,26H,17H2,1-2H3. The van der Waals surface area contributed by atoms with E-state index in [1.165, 1.54) is 17.7 Å². The normalized spacial score (nSPS) is 15.0. The summed E-state index contributed by atoms with van der Waals surface area (Å²) in [6, 6.07) is 23.2. The Morgan fingerprint density at radius 2 is 1.73 bits per heavy atom. The molecule has 33 heavy (non-hydrogen) atoms. The van der Waals surface area contributed by atoms with Gasteiger partial charge < -0.3 is 9.30 Å². The van der Waals surface area contributed by atoms with Crippen LogP contribution in [0.4, 0.5) is 4.39 Å². The van der Waals surface area contributed by atoms with Crippen LogP contribution in [-0.2, 0) is 0 Å². The van der Waals surface area contributed by atoms with Crippen LogP contribution in [0.5, 0.6) is 5.75 Å². The fraction of sp³-hybridized carbons (Fsp3) is 0.143. The van der Waals surface area contributed by atoms with Gasteiger partial charge in [-0.2, -0.15) is 0 Å². The zero-order chi connectivity index (χ0) is 22.9. The molecule has 1 atom stereocenters. The molecule has 2 heterocycles. The quantitative estimate of drug-likeness (QED) is 0.365. The van der Waals surface area contributed by atoms with Gasteiger partial charge in [0.2, 0.25) is 0 Å². The first-order chi connectivity index (χ1) is 16.0. The lowest BCUT2D eigenvalue weighted by atomic mass is 9.92. The molecular weight excluding hydrogens is 415 g/mol. The number of fused-ring (bicyclic) bond motifs is 1. The van der Waals surface area contributed by atoms with Crippen molar-refractivity contribution in [2.75, 3.05) is 13.7 Å². The predicted octanol–water partition coefficient (Wildman–Crippen LogP) is 5.89. The molecule has 0 spiro atoms. The number of halogens is 1. The average molecular weight is 439 g/mol. The van der Waals surface area contributed by atoms with E-state index in [1.807, 2.05) is 29.0 Å². The molecule has 0 saturated heterocycles. The molecule has 1 aliphatic heterocycles. The fourth-order valence-electron chi connectivity index (χ4n) is 4.29. The van der Waals surface area contributed by atoms with E-state index >= 15 is 0 Å². The summed E-state index contributed by atoms with van der Waals surface area (Å²) >= 11 is 0. The Morgan fingerprint density at radius 3 is 2.45 bits per heavy atom. The number of aliphatic imine (C=N–C) groups is 1. The maximum absolute atomic E-state index is 13.8. The first-order valence-corrected chi connectivity index (χ1v) is 10.8. The van der Waals surface area contributed by atoms with E-state index < -0.39 is 6.04 Å². The van der Waals surface area contributed by atoms with Gasteiger partial charge in [-0.15, -0.1) is 0 Å². The molecule has 4 nitrogen and oxygen atoms in total. The fourth-order valence-corrected chi connectivity index (χ4v) is 4.29. The second kappa shape index (κ2) is 8.51. The largest absolute Gasteiger partial charge is 0.497 e. The van der Waals surface area contributed by atoms with Crippen LogP contribution in [0.2, 0.25) is 0 Å². The van der Waals surface area contributed by atoms with E-state index in [0.29, 0.717) is 23.4 Å². The number of carbonyl (C=O) groups is 1. The van der Waals surface area contributed by atoms with Crippen molar-refractivity contribution in [1.82, 2.24) is 4.57 Å². The lowest BCUT2D eigenvalue weighted by Crippen LogP contribution is -2.30. The number of hydrogen-bond donors (Lipinski definition) is 0. The Morgan fingerprint density at radius 1 is 1.00 bits per heavy atom. The van der Waals surface area contributed by atoms with Crippen molar-refractivity contribution in [3.8, 4) is 16.9 Å². The first-order valence-electron chi connectivity index (χ1n) is 10.8. The molecule has 0 aliphatic carbocycles. The Labute approximate surface area is 192 Å². The van der Waals surface area contributed by atoms with Gasteiger partial charge in [0.15, 0.2) is 5.78 Å². The molecule has 1 aromatic heterocycles. The number of Topliss-reactive ketones (excluding diaryl/α,β-unsaturated/α-hetero) is 1. The van der Waals surface area contributed by atoms with Gasteiger partial charge in [-0.05, 0) is 60.5 Å². The summed E-state index contributed by atoms with van der Waals surface area (Å²) in [4.78, 5) is 18.6. The minimum absolute atomic E-state index is 0.0406. The van der Waals surface area contributed by atoms with Gasteiger partial charge in [0.25, 0.3) is 0 Å². The van der Waals surface area contributed by atoms with E-state index in [2.05, 4.69) is 31.2 Å². The third-order valence-electron chi connectivity index (χ3n) is 6.05. The number of nitrogens with zero attached hydrogens (tertiary/aromatic N) is 2. The SMILES string of the molecule is COc1ccc(C(=O)C2CN=C(c3ccc(C)cc3)c3cccn32)c(-c2ccc(F)cc2)c1. The molecule has 3 aromatic carbocycles. The highest BCUT2D eigenvalue weighted by atomic mass is 19.1. The smallest absolute Gasteiger partial charge is 0.188 e. The number of aryl methyl sites for hydroxylation is 1. The molecule has 0 bridgehead atoms. The number of benzene rings is 3. The van der Waals surface area contributed by atoms with Gasteiger partial charge in [-0.1, -0.05) is 42.0 Å². The zero-order valence-electron chi connectivity index (χ0n) is 18.5. The summed E-state index contributed by atoms with van der Waals surface area (Å²) in [5.74, 6) is 0.272. The third kappa shape index (κ3) is 3.87. The number of ether oxygens (including phenoxy) is 1. The number of ketones is 1. The molecule has 0 N–H and O–H groups in total. The molecule has 0 amide bonds. The van der Waals surface area contributed by atoms with E-state index in [1.54, 1.807) is 31.4 Å². The molecule has 4 aromatic rings. The monoisotopic (exact) mass is 438 g/mol. The van der Waals surface area contributed by atoms with Crippen LogP contribution in [-0.4, -0.2) is 29.7 Å². The van der Waals surface area contributed by atoms with Crippen LogP contribution >= 0.6 is 0 Å². The van der Waals surface area contributed by atoms with Crippen LogP contribution in [0.25, 0.3) is 11.1 Å². The van der Waals surface area contributed by atoms with Gasteiger partial charge >= 0.3 is 0 Å². The highest BCUT2D eigenvalue weighted by molar-refractivity contribution is 6.14. The van der Waals surface area contributed by atoms with Gasteiger partial charge in [-0.25, -0.2) is 4.39 Å². The first kappa shape index (κ1) is 20.9. The summed E-state index contributed by atoms with van der Waals surface area (Å²) in [6.07, 6.45) is 1.93. The minimum Gasteiger partial charge on any atom is -0.497 e. The summed E-state index contributed by atoms with van der Waals surface area (Å²) in [6.45, 7) is 2.40. The van der Waals surface area contributed by atoms with Gasteiger partial charge in [0, 0.05) is 17.3 Å². The third-order valence-corrected chi connectivity index (χ3v) is 6.05. The van der Waals surface area contributed by atoms with Crippen molar-refractivity contribution in [2.45, 2.75) is 13.0 Å². The van der Waals surface area contributed by atoms with E-state index in [9.17, 15) is 9.18 Å². The Balaban J connectivity index is 1.55. The van der Waals surface area contributed by atoms with Gasteiger partial charge in [0.05, 0.1) is 25.1 Å². The van der Waals surface area contributed by atoms with E-state index in [0.717, 1.165) is 22.5 Å². The molecule has 164 valence electrons. The van der Waals surface area contributed by atoms with Crippen molar-refractivity contribution < 1.29 is 13.9 Å². The lowest BCUT2D eigenvalue weighted by Gasteiger charge is -2.26. The molecular formula is C28H23FN2O2. The van der Waals surface area contributed by atoms with Gasteiger partial charge in [0.1, 0.15) is 17.6 Å². The molecule has 1 unspecified atom stereocenters. The maximum atomic E-state index is 13.8. The summed E-state index contributed by atoms with van der Waals surface area (Å²) in [7, 11) is 1.58. The Hall–Kier alpha value is -3.99. The average Bonchev–Trinajstić information content (AvgIpc) is 3.34. The predicted molar refractivity (Wildman–Crippen MR) is 128 cm³/mol. The summed E-state index contributed by atoms with van der Waals surface area (Å²) in [5.41, 5.74) is 6.04. The second-order valence-electron chi connectivity index (χ2n) is 8.15. The van der Waals surface area contributed by atoms with Crippen molar-refractivity contribution >= 4 is 11.5 Å². The van der Waals surface area contributed by atoms with Crippen molar-refractivity contribution in [3.05, 3.63) is 113 Å². The zero-order valence-corrected chi connectivity index (χ0v) is 18.5.